The number of hydrogen-bond donors (Lipinski definition) is 1. The Labute approximate surface area is 220 Å². The van der Waals surface area contributed by atoms with Gasteiger partial charge >= 0.3 is 27.6 Å². The maximum Gasteiger partial charge on any atom is 0.525 e. The SMILES string of the molecule is CC1(OC(=O)c2ccc(Br)cc2C(=O)O)C=Cc2cccc3c2C(=C1)C(=O)N(OS(=O)(=O)C(F)(F)F)C3=O. The summed E-state index contributed by atoms with van der Waals surface area (Å²) >= 11 is 3.10. The molecule has 0 radical (unpaired) electrons. The number of imide groups is 1. The van der Waals surface area contributed by atoms with Gasteiger partial charge in [-0.25, -0.2) is 9.59 Å². The molecule has 38 heavy (non-hydrogen) atoms. The van der Waals surface area contributed by atoms with Gasteiger partial charge in [-0.1, -0.05) is 34.1 Å². The smallest absolute Gasteiger partial charge is 0.478 e. The molecule has 1 heterocycles. The lowest BCUT2D eigenvalue weighted by atomic mass is 9.89. The van der Waals surface area contributed by atoms with Gasteiger partial charge in [0.25, 0.3) is 11.8 Å². The molecule has 1 N–H and O–H groups in total. The van der Waals surface area contributed by atoms with Gasteiger partial charge in [0, 0.05) is 10.0 Å². The van der Waals surface area contributed by atoms with Gasteiger partial charge in [0.2, 0.25) is 0 Å². The van der Waals surface area contributed by atoms with Crippen LogP contribution in [0.15, 0.2) is 53.0 Å². The summed E-state index contributed by atoms with van der Waals surface area (Å²) in [4.78, 5) is 50.5. The molecule has 2 aromatic rings. The van der Waals surface area contributed by atoms with Crippen molar-refractivity contribution in [3.63, 3.8) is 0 Å². The molecule has 0 spiro atoms. The number of benzene rings is 2. The number of hydroxylamine groups is 2. The van der Waals surface area contributed by atoms with Crippen molar-refractivity contribution in [2.75, 3.05) is 0 Å². The van der Waals surface area contributed by atoms with Gasteiger partial charge in [-0.2, -0.15) is 21.6 Å². The summed E-state index contributed by atoms with van der Waals surface area (Å²) in [6.45, 7) is 1.28. The molecule has 15 heteroatoms. The standard InChI is InChI=1S/C23H13BrF3NO9S/c1-22(36-21(33)13-6-5-12(24)9-15(13)20(31)32)8-7-11-3-2-4-14-17(11)16(10-22)19(30)28(18(14)29)37-38(34,35)23(25,26)27/h2-10H,1H3,(H,31,32). The van der Waals surface area contributed by atoms with E-state index < -0.39 is 61.2 Å². The largest absolute Gasteiger partial charge is 0.525 e. The van der Waals surface area contributed by atoms with Crippen LogP contribution >= 0.6 is 15.9 Å². The molecule has 4 rings (SSSR count). The zero-order chi connectivity index (χ0) is 28.2. The Morgan fingerprint density at radius 3 is 2.39 bits per heavy atom. The topological polar surface area (TPSA) is 144 Å². The van der Waals surface area contributed by atoms with Gasteiger partial charge in [0.1, 0.15) is 5.60 Å². The first-order chi connectivity index (χ1) is 17.5. The number of rotatable bonds is 5. The molecule has 1 aliphatic heterocycles. The van der Waals surface area contributed by atoms with E-state index in [0.717, 1.165) is 18.2 Å². The number of carbonyl (C=O) groups excluding carboxylic acids is 3. The first-order valence-corrected chi connectivity index (χ1v) is 12.5. The van der Waals surface area contributed by atoms with Gasteiger partial charge < -0.3 is 9.84 Å². The lowest BCUT2D eigenvalue weighted by molar-refractivity contribution is -0.144. The van der Waals surface area contributed by atoms with Crippen molar-refractivity contribution < 1.29 is 54.9 Å². The Kier molecular flexibility index (Phi) is 6.58. The Morgan fingerprint density at radius 1 is 1.08 bits per heavy atom. The highest BCUT2D eigenvalue weighted by atomic mass is 79.9. The van der Waals surface area contributed by atoms with E-state index in [1.807, 2.05) is 0 Å². The highest BCUT2D eigenvalue weighted by Gasteiger charge is 2.52. The number of esters is 1. The maximum absolute atomic E-state index is 13.1. The molecule has 0 aromatic heterocycles. The minimum Gasteiger partial charge on any atom is -0.478 e. The Bertz CT molecular complexity index is 1600. The van der Waals surface area contributed by atoms with Crippen molar-refractivity contribution in [2.24, 2.45) is 0 Å². The predicted molar refractivity (Wildman–Crippen MR) is 126 cm³/mol. The van der Waals surface area contributed by atoms with Gasteiger partial charge in [-0.15, -0.1) is 9.35 Å². The Balaban J connectivity index is 1.81. The van der Waals surface area contributed by atoms with E-state index in [1.54, 1.807) is 0 Å². The van der Waals surface area contributed by atoms with Gasteiger partial charge in [0.15, 0.2) is 0 Å². The van der Waals surface area contributed by atoms with E-state index in [-0.39, 0.29) is 22.3 Å². The van der Waals surface area contributed by atoms with E-state index >= 15 is 0 Å². The second kappa shape index (κ2) is 9.18. The van der Waals surface area contributed by atoms with Crippen molar-refractivity contribution in [1.82, 2.24) is 5.06 Å². The van der Waals surface area contributed by atoms with Gasteiger partial charge in [-0.3, -0.25) is 9.59 Å². The van der Waals surface area contributed by atoms with E-state index in [4.69, 9.17) is 4.74 Å². The molecule has 2 amide bonds. The van der Waals surface area contributed by atoms with Crippen LogP contribution < -0.4 is 0 Å². The average Bonchev–Trinajstić information content (AvgIpc) is 2.96. The van der Waals surface area contributed by atoms with E-state index in [2.05, 4.69) is 20.2 Å². The van der Waals surface area contributed by atoms with Crippen LogP contribution in [-0.2, 0) is 23.9 Å². The molecular formula is C23H13BrF3NO9S. The third-order valence-electron chi connectivity index (χ3n) is 5.42. The Morgan fingerprint density at radius 2 is 1.76 bits per heavy atom. The van der Waals surface area contributed by atoms with Crippen molar-refractivity contribution in [3.05, 3.63) is 80.8 Å². The third kappa shape index (κ3) is 4.75. The van der Waals surface area contributed by atoms with Crippen molar-refractivity contribution >= 4 is 61.5 Å². The average molecular weight is 616 g/mol. The van der Waals surface area contributed by atoms with Crippen LogP contribution in [-0.4, -0.2) is 53.4 Å². The van der Waals surface area contributed by atoms with Crippen LogP contribution in [0.1, 0.15) is 49.1 Å². The minimum atomic E-state index is -6.40. The zero-order valence-corrected chi connectivity index (χ0v) is 21.2. The van der Waals surface area contributed by atoms with E-state index in [1.165, 1.54) is 43.3 Å². The third-order valence-corrected chi connectivity index (χ3v) is 6.83. The molecule has 2 aliphatic rings. The lowest BCUT2D eigenvalue weighted by Crippen LogP contribution is -2.45. The number of alkyl halides is 3. The molecule has 1 unspecified atom stereocenters. The second-order valence-corrected chi connectivity index (χ2v) is 10.5. The number of carbonyl (C=O) groups is 4. The monoisotopic (exact) mass is 615 g/mol. The zero-order valence-electron chi connectivity index (χ0n) is 18.8. The minimum absolute atomic E-state index is 0.0577. The summed E-state index contributed by atoms with van der Waals surface area (Å²) in [5.41, 5.74) is -9.19. The molecule has 2 aromatic carbocycles. The number of hydrogen-bond acceptors (Lipinski definition) is 8. The maximum atomic E-state index is 13.1. The summed E-state index contributed by atoms with van der Waals surface area (Å²) in [5.74, 6) is -5.59. The summed E-state index contributed by atoms with van der Waals surface area (Å²) < 4.78 is 71.6. The van der Waals surface area contributed by atoms with Crippen LogP contribution in [0.2, 0.25) is 0 Å². The van der Waals surface area contributed by atoms with Crippen LogP contribution in [0.4, 0.5) is 13.2 Å². The van der Waals surface area contributed by atoms with Crippen molar-refractivity contribution in [1.29, 1.82) is 0 Å². The number of carboxylic acids is 1. The molecule has 198 valence electrons. The molecule has 1 aliphatic carbocycles. The van der Waals surface area contributed by atoms with Crippen LogP contribution in [0.25, 0.3) is 11.6 Å². The van der Waals surface area contributed by atoms with Crippen LogP contribution in [0, 0.1) is 0 Å². The normalized spacial score (nSPS) is 19.0. The van der Waals surface area contributed by atoms with Crippen LogP contribution in [0.5, 0.6) is 0 Å². The fourth-order valence-corrected chi connectivity index (χ4v) is 4.50. The van der Waals surface area contributed by atoms with Crippen molar-refractivity contribution in [2.45, 2.75) is 18.0 Å². The second-order valence-electron chi connectivity index (χ2n) is 8.11. The molecule has 0 fully saturated rings. The van der Waals surface area contributed by atoms with Crippen molar-refractivity contribution in [3.8, 4) is 0 Å². The number of ether oxygens (including phenoxy) is 1. The molecule has 0 bridgehead atoms. The number of halogens is 4. The quantitative estimate of drug-likeness (QED) is 0.300. The number of aromatic carboxylic acids is 1. The van der Waals surface area contributed by atoms with E-state index in [9.17, 15) is 45.9 Å². The summed E-state index contributed by atoms with van der Waals surface area (Å²) in [7, 11) is -6.40. The van der Waals surface area contributed by atoms with Gasteiger partial charge in [-0.05, 0) is 48.9 Å². The first-order valence-electron chi connectivity index (χ1n) is 10.3. The summed E-state index contributed by atoms with van der Waals surface area (Å²) in [6.07, 6.45) is 3.65. The molecule has 0 saturated carbocycles. The molecule has 0 saturated heterocycles. The van der Waals surface area contributed by atoms with Gasteiger partial charge in [0.05, 0.1) is 22.3 Å². The fraction of sp³-hybridized carbons (Fsp3) is 0.130. The summed E-state index contributed by atoms with van der Waals surface area (Å²) in [5, 5.41) is 8.91. The molecule has 10 nitrogen and oxygen atoms in total. The number of nitrogens with zero attached hydrogens (tertiary/aromatic N) is 1. The summed E-state index contributed by atoms with van der Waals surface area (Å²) in [6, 6.07) is 7.66. The highest BCUT2D eigenvalue weighted by Crippen LogP contribution is 2.39. The first kappa shape index (κ1) is 27.2. The van der Waals surface area contributed by atoms with Crippen LogP contribution in [0.3, 0.4) is 0 Å². The highest BCUT2D eigenvalue weighted by molar-refractivity contribution is 9.10. The fourth-order valence-electron chi connectivity index (χ4n) is 3.73. The molecule has 1 atom stereocenters. The van der Waals surface area contributed by atoms with E-state index in [0.29, 0.717) is 4.47 Å². The molecular weight excluding hydrogens is 603 g/mol. The lowest BCUT2D eigenvalue weighted by Gasteiger charge is -2.29. The Hall–Kier alpha value is -3.82. The number of amides is 2. The predicted octanol–water partition coefficient (Wildman–Crippen LogP) is 3.94. The number of carboxylic acid groups (broad SMARTS) is 1.